The number of morpholine rings is 1. The molecule has 1 aliphatic rings. The molecule has 3 aromatic rings. The van der Waals surface area contributed by atoms with Gasteiger partial charge < -0.3 is 19.5 Å². The number of benzene rings is 2. The van der Waals surface area contributed by atoms with Gasteiger partial charge in [0, 0.05) is 36.7 Å². The van der Waals surface area contributed by atoms with E-state index in [9.17, 15) is 9.36 Å². The van der Waals surface area contributed by atoms with Crippen LogP contribution in [0.15, 0.2) is 41.2 Å². The van der Waals surface area contributed by atoms with Crippen LogP contribution in [0.2, 0.25) is 0 Å². The summed E-state index contributed by atoms with van der Waals surface area (Å²) < 4.78 is 19.9. The van der Waals surface area contributed by atoms with Crippen LogP contribution in [0.4, 0.5) is 11.6 Å². The molecule has 1 saturated heterocycles. The molecule has 0 bridgehead atoms. The van der Waals surface area contributed by atoms with Crippen LogP contribution >= 0.6 is 7.14 Å². The van der Waals surface area contributed by atoms with Gasteiger partial charge in [-0.25, -0.2) is 4.98 Å². The monoisotopic (exact) mass is 454 g/mol. The Balaban J connectivity index is 1.83. The summed E-state index contributed by atoms with van der Waals surface area (Å²) in [5.74, 6) is 0.662. The van der Waals surface area contributed by atoms with E-state index in [1.165, 1.54) is 0 Å². The molecule has 1 aromatic heterocycles. The Morgan fingerprint density at radius 3 is 2.53 bits per heavy atom. The van der Waals surface area contributed by atoms with Crippen molar-refractivity contribution < 1.29 is 9.30 Å². The summed E-state index contributed by atoms with van der Waals surface area (Å²) in [6.45, 7) is 10.3. The van der Waals surface area contributed by atoms with Crippen LogP contribution in [-0.2, 0) is 16.3 Å². The molecule has 1 aliphatic heterocycles. The zero-order valence-corrected chi connectivity index (χ0v) is 20.3. The summed E-state index contributed by atoms with van der Waals surface area (Å²) >= 11 is 0. The van der Waals surface area contributed by atoms with Gasteiger partial charge in [0.25, 0.3) is 5.56 Å². The first kappa shape index (κ1) is 22.6. The van der Waals surface area contributed by atoms with Crippen molar-refractivity contribution in [1.82, 2.24) is 9.55 Å². The van der Waals surface area contributed by atoms with E-state index in [0.717, 1.165) is 22.1 Å². The number of rotatable bonds is 5. The number of hydrogen-bond acceptors (Lipinski definition) is 6. The van der Waals surface area contributed by atoms with Gasteiger partial charge >= 0.3 is 0 Å². The van der Waals surface area contributed by atoms with E-state index in [2.05, 4.69) is 23.2 Å². The van der Waals surface area contributed by atoms with Crippen LogP contribution in [0.3, 0.4) is 0 Å². The summed E-state index contributed by atoms with van der Waals surface area (Å²) in [6.07, 6.45) is 0. The Bertz CT molecular complexity index is 1260. The molecule has 0 spiro atoms. The zero-order chi connectivity index (χ0) is 23.0. The molecule has 0 aliphatic carbocycles. The second-order valence-corrected chi connectivity index (χ2v) is 12.0. The molecule has 0 radical (unpaired) electrons. The van der Waals surface area contributed by atoms with E-state index in [4.69, 9.17) is 9.72 Å². The highest BCUT2D eigenvalue weighted by molar-refractivity contribution is 7.70. The summed E-state index contributed by atoms with van der Waals surface area (Å²) in [6, 6.07) is 11.6. The van der Waals surface area contributed by atoms with Gasteiger partial charge in [-0.1, -0.05) is 18.2 Å². The second-order valence-electron chi connectivity index (χ2n) is 8.86. The summed E-state index contributed by atoms with van der Waals surface area (Å²) in [5, 5.41) is 4.96. The number of hydrogen-bond donors (Lipinski definition) is 1. The lowest BCUT2D eigenvalue weighted by Gasteiger charge is -2.29. The molecule has 1 atom stereocenters. The highest BCUT2D eigenvalue weighted by Gasteiger charge is 2.22. The third-order valence-electron chi connectivity index (χ3n) is 5.95. The maximum atomic E-state index is 13.3. The van der Waals surface area contributed by atoms with E-state index in [1.54, 1.807) is 24.9 Å². The molecule has 8 heteroatoms. The first-order valence-corrected chi connectivity index (χ1v) is 13.5. The lowest BCUT2D eigenvalue weighted by Crippen LogP contribution is -2.40. The molecule has 0 saturated carbocycles. The number of nitrogens with zero attached hydrogens (tertiary/aromatic N) is 3. The number of nitrogens with one attached hydrogen (secondary N) is 1. The third-order valence-corrected chi connectivity index (χ3v) is 7.50. The Morgan fingerprint density at radius 1 is 1.16 bits per heavy atom. The van der Waals surface area contributed by atoms with Crippen molar-refractivity contribution in [3.05, 3.63) is 57.9 Å². The Morgan fingerprint density at radius 2 is 1.84 bits per heavy atom. The topological polar surface area (TPSA) is 76.5 Å². The average molecular weight is 455 g/mol. The molecule has 1 N–H and O–H groups in total. The molecule has 1 fully saturated rings. The SMILES string of the molecule is Cc1cc([C@@H](C)Nc2ccccc2P(C)(C)=O)c2nc(N3CCOCC3)n(C)c(=O)c2c1. The van der Waals surface area contributed by atoms with E-state index >= 15 is 0 Å². The lowest BCUT2D eigenvalue weighted by atomic mass is 10.0. The summed E-state index contributed by atoms with van der Waals surface area (Å²) in [7, 11) is -0.675. The van der Waals surface area contributed by atoms with E-state index in [-0.39, 0.29) is 11.6 Å². The molecule has 7 nitrogen and oxygen atoms in total. The van der Waals surface area contributed by atoms with Crippen LogP contribution in [-0.4, -0.2) is 49.2 Å². The normalized spacial score (nSPS) is 15.7. The van der Waals surface area contributed by atoms with Gasteiger partial charge in [0.1, 0.15) is 7.14 Å². The largest absolute Gasteiger partial charge is 0.378 e. The highest BCUT2D eigenvalue weighted by Crippen LogP contribution is 2.38. The minimum atomic E-state index is -2.45. The Labute approximate surface area is 188 Å². The molecule has 170 valence electrons. The minimum absolute atomic E-state index is 0.0549. The fourth-order valence-corrected chi connectivity index (χ4v) is 5.46. The number of para-hydroxylation sites is 1. The van der Waals surface area contributed by atoms with Gasteiger partial charge in [0.15, 0.2) is 0 Å². The standard InChI is InChI=1S/C24H31N4O3P/c1-16-14-18(17(2)25-20-8-6-7-9-21(20)32(4,5)30)22-19(15-16)23(29)27(3)24(26-22)28-10-12-31-13-11-28/h6-9,14-15,17,25H,10-13H2,1-5H3/t17-/m1/s1. The van der Waals surface area contributed by atoms with Gasteiger partial charge in [0.2, 0.25) is 5.95 Å². The molecular weight excluding hydrogens is 423 g/mol. The number of fused-ring (bicyclic) bond motifs is 1. The van der Waals surface area contributed by atoms with Gasteiger partial charge in [-0.15, -0.1) is 0 Å². The molecule has 0 amide bonds. The van der Waals surface area contributed by atoms with Crippen molar-refractivity contribution in [3.63, 3.8) is 0 Å². The van der Waals surface area contributed by atoms with Crippen molar-refractivity contribution in [1.29, 1.82) is 0 Å². The number of aryl methyl sites for hydroxylation is 1. The van der Waals surface area contributed by atoms with Crippen LogP contribution in [0.25, 0.3) is 10.9 Å². The third kappa shape index (κ3) is 4.32. The predicted molar refractivity (Wildman–Crippen MR) is 132 cm³/mol. The van der Waals surface area contributed by atoms with Gasteiger partial charge in [-0.05, 0) is 50.9 Å². The maximum absolute atomic E-state index is 13.3. The molecule has 2 heterocycles. The number of aromatic nitrogens is 2. The predicted octanol–water partition coefficient (Wildman–Crippen LogP) is 3.50. The fourth-order valence-electron chi connectivity index (χ4n) is 4.29. The molecule has 4 rings (SSSR count). The fraction of sp³-hybridized carbons (Fsp3) is 0.417. The van der Waals surface area contributed by atoms with Crippen LogP contribution in [0.1, 0.15) is 24.1 Å². The highest BCUT2D eigenvalue weighted by atomic mass is 31.2. The minimum Gasteiger partial charge on any atom is -0.378 e. The Kier molecular flexibility index (Phi) is 6.15. The maximum Gasteiger partial charge on any atom is 0.262 e. The number of ether oxygens (including phenoxy) is 1. The van der Waals surface area contributed by atoms with Gasteiger partial charge in [-0.2, -0.15) is 0 Å². The van der Waals surface area contributed by atoms with E-state index in [0.29, 0.717) is 43.2 Å². The van der Waals surface area contributed by atoms with E-state index in [1.807, 2.05) is 37.3 Å². The molecule has 0 unspecified atom stereocenters. The van der Waals surface area contributed by atoms with Crippen molar-refractivity contribution in [2.45, 2.75) is 19.9 Å². The van der Waals surface area contributed by atoms with Crippen molar-refractivity contribution in [2.24, 2.45) is 7.05 Å². The quantitative estimate of drug-likeness (QED) is 0.595. The van der Waals surface area contributed by atoms with Crippen LogP contribution < -0.4 is 21.1 Å². The first-order valence-electron chi connectivity index (χ1n) is 10.9. The lowest BCUT2D eigenvalue weighted by molar-refractivity contribution is 0.121. The summed E-state index contributed by atoms with van der Waals surface area (Å²) in [5.41, 5.74) is 3.45. The smallest absolute Gasteiger partial charge is 0.262 e. The average Bonchev–Trinajstić information content (AvgIpc) is 2.76. The Hall–Kier alpha value is -2.63. The molecular formula is C24H31N4O3P. The van der Waals surface area contributed by atoms with Gasteiger partial charge in [0.05, 0.1) is 30.2 Å². The first-order chi connectivity index (χ1) is 15.2. The number of anilines is 2. The van der Waals surface area contributed by atoms with Gasteiger partial charge in [-0.3, -0.25) is 9.36 Å². The van der Waals surface area contributed by atoms with Crippen LogP contribution in [0, 0.1) is 6.92 Å². The van der Waals surface area contributed by atoms with Crippen LogP contribution in [0.5, 0.6) is 0 Å². The molecule has 2 aromatic carbocycles. The van der Waals surface area contributed by atoms with Crippen molar-refractivity contribution in [3.8, 4) is 0 Å². The zero-order valence-electron chi connectivity index (χ0n) is 19.4. The molecule has 32 heavy (non-hydrogen) atoms. The summed E-state index contributed by atoms with van der Waals surface area (Å²) in [4.78, 5) is 20.3. The van der Waals surface area contributed by atoms with E-state index < -0.39 is 7.14 Å². The second kappa shape index (κ2) is 8.72. The van der Waals surface area contributed by atoms with Crippen molar-refractivity contribution >= 4 is 35.0 Å². The van der Waals surface area contributed by atoms with Crippen molar-refractivity contribution in [2.75, 3.05) is 49.8 Å².